The van der Waals surface area contributed by atoms with Crippen molar-refractivity contribution in [2.45, 2.75) is 6.92 Å². The van der Waals surface area contributed by atoms with Crippen molar-refractivity contribution in [3.63, 3.8) is 0 Å². The standard InChI is InChI=1S/C12H9F3N2O2/c1-2-19-12(18)9-5-8(16-17-9)10-6(13)3-4-7(14)11(10)15/h3-5H,2H2,1H3,(H,16,17). The van der Waals surface area contributed by atoms with E-state index in [0.717, 1.165) is 12.1 Å². The molecule has 4 nitrogen and oxygen atoms in total. The van der Waals surface area contributed by atoms with Gasteiger partial charge in [-0.1, -0.05) is 0 Å². The normalized spacial score (nSPS) is 10.5. The molecule has 0 bridgehead atoms. The van der Waals surface area contributed by atoms with Gasteiger partial charge in [0, 0.05) is 0 Å². The van der Waals surface area contributed by atoms with E-state index in [1.165, 1.54) is 0 Å². The van der Waals surface area contributed by atoms with Gasteiger partial charge in [-0.15, -0.1) is 0 Å². The van der Waals surface area contributed by atoms with Crippen LogP contribution in [-0.4, -0.2) is 22.8 Å². The molecule has 100 valence electrons. The first kappa shape index (κ1) is 13.1. The van der Waals surface area contributed by atoms with Gasteiger partial charge in [-0.2, -0.15) is 5.10 Å². The van der Waals surface area contributed by atoms with Gasteiger partial charge >= 0.3 is 5.97 Å². The Labute approximate surface area is 106 Å². The van der Waals surface area contributed by atoms with Gasteiger partial charge in [0.05, 0.1) is 17.9 Å². The average Bonchev–Trinajstić information content (AvgIpc) is 2.84. The van der Waals surface area contributed by atoms with Gasteiger partial charge in [0.25, 0.3) is 0 Å². The lowest BCUT2D eigenvalue weighted by atomic mass is 10.1. The Hall–Kier alpha value is -2.31. The number of aromatic amines is 1. The first-order chi connectivity index (χ1) is 9.04. The number of aromatic nitrogens is 2. The Morgan fingerprint density at radius 3 is 2.68 bits per heavy atom. The average molecular weight is 270 g/mol. The molecule has 0 saturated heterocycles. The lowest BCUT2D eigenvalue weighted by Gasteiger charge is -2.01. The number of benzene rings is 1. The molecule has 0 radical (unpaired) electrons. The second-order valence-corrected chi connectivity index (χ2v) is 3.61. The van der Waals surface area contributed by atoms with E-state index in [2.05, 4.69) is 14.9 Å². The van der Waals surface area contributed by atoms with Gasteiger partial charge in [-0.25, -0.2) is 18.0 Å². The summed E-state index contributed by atoms with van der Waals surface area (Å²) in [7, 11) is 0. The first-order valence-corrected chi connectivity index (χ1v) is 5.41. The van der Waals surface area contributed by atoms with Gasteiger partial charge in [-0.3, -0.25) is 5.10 Å². The minimum atomic E-state index is -1.36. The fourth-order valence-electron chi connectivity index (χ4n) is 1.53. The van der Waals surface area contributed by atoms with Crippen molar-refractivity contribution < 1.29 is 22.7 Å². The summed E-state index contributed by atoms with van der Waals surface area (Å²) < 4.78 is 44.8. The maximum Gasteiger partial charge on any atom is 0.356 e. The number of hydrogen-bond donors (Lipinski definition) is 1. The number of rotatable bonds is 3. The van der Waals surface area contributed by atoms with Gasteiger partial charge in [0.15, 0.2) is 11.6 Å². The third-order valence-corrected chi connectivity index (χ3v) is 2.37. The largest absolute Gasteiger partial charge is 0.461 e. The lowest BCUT2D eigenvalue weighted by Crippen LogP contribution is -2.04. The molecule has 1 aromatic heterocycles. The number of halogens is 3. The summed E-state index contributed by atoms with van der Waals surface area (Å²) in [5.41, 5.74) is -0.913. The Balaban J connectivity index is 2.44. The molecule has 1 heterocycles. The zero-order chi connectivity index (χ0) is 14.0. The topological polar surface area (TPSA) is 55.0 Å². The van der Waals surface area contributed by atoms with E-state index in [9.17, 15) is 18.0 Å². The SMILES string of the molecule is CCOC(=O)c1cc(-c2c(F)ccc(F)c2F)n[nH]1. The molecule has 0 fully saturated rings. The molecule has 0 amide bonds. The van der Waals surface area contributed by atoms with Gasteiger partial charge < -0.3 is 4.74 Å². The third kappa shape index (κ3) is 2.44. The van der Waals surface area contributed by atoms with E-state index in [4.69, 9.17) is 0 Å². The first-order valence-electron chi connectivity index (χ1n) is 5.41. The summed E-state index contributed by atoms with van der Waals surface area (Å²) in [5.74, 6) is -4.24. The van der Waals surface area contributed by atoms with E-state index >= 15 is 0 Å². The molecule has 0 aliphatic rings. The second kappa shape index (κ2) is 5.13. The van der Waals surface area contributed by atoms with Crippen molar-refractivity contribution >= 4 is 5.97 Å². The highest BCUT2D eigenvalue weighted by molar-refractivity contribution is 5.88. The van der Waals surface area contributed by atoms with E-state index in [-0.39, 0.29) is 18.0 Å². The summed E-state index contributed by atoms with van der Waals surface area (Å²) >= 11 is 0. The quantitative estimate of drug-likeness (QED) is 0.689. The van der Waals surface area contributed by atoms with Crippen LogP contribution < -0.4 is 0 Å². The van der Waals surface area contributed by atoms with Crippen LogP contribution in [0.3, 0.4) is 0 Å². The van der Waals surface area contributed by atoms with Crippen molar-refractivity contribution in [1.29, 1.82) is 0 Å². The molecule has 0 atom stereocenters. The molecule has 2 aromatic rings. The van der Waals surface area contributed by atoms with Gasteiger partial charge in [-0.05, 0) is 25.1 Å². The van der Waals surface area contributed by atoms with Gasteiger partial charge in [0.2, 0.25) is 0 Å². The molecule has 0 spiro atoms. The van der Waals surface area contributed by atoms with E-state index in [1.807, 2.05) is 0 Å². The number of nitrogens with one attached hydrogen (secondary N) is 1. The third-order valence-electron chi connectivity index (χ3n) is 2.37. The lowest BCUT2D eigenvalue weighted by molar-refractivity contribution is 0.0519. The molecule has 19 heavy (non-hydrogen) atoms. The van der Waals surface area contributed by atoms with Crippen molar-refractivity contribution in [3.05, 3.63) is 41.3 Å². The van der Waals surface area contributed by atoms with Crippen molar-refractivity contribution in [2.75, 3.05) is 6.61 Å². The number of carbonyl (C=O) groups excluding carboxylic acids is 1. The number of H-pyrrole nitrogens is 1. The summed E-state index contributed by atoms with van der Waals surface area (Å²) in [5, 5.41) is 5.86. The molecular weight excluding hydrogens is 261 g/mol. The zero-order valence-corrected chi connectivity index (χ0v) is 9.84. The molecule has 2 rings (SSSR count). The van der Waals surface area contributed by atoms with Crippen LogP contribution in [0.2, 0.25) is 0 Å². The van der Waals surface area contributed by atoms with Crippen LogP contribution in [-0.2, 0) is 4.74 Å². The van der Waals surface area contributed by atoms with E-state index in [1.54, 1.807) is 6.92 Å². The molecule has 7 heteroatoms. The van der Waals surface area contributed by atoms with E-state index in [0.29, 0.717) is 6.07 Å². The predicted molar refractivity (Wildman–Crippen MR) is 59.9 cm³/mol. The maximum absolute atomic E-state index is 13.5. The fraction of sp³-hybridized carbons (Fsp3) is 0.167. The van der Waals surface area contributed by atoms with Crippen LogP contribution in [0.4, 0.5) is 13.2 Å². The number of esters is 1. The number of nitrogens with zero attached hydrogens (tertiary/aromatic N) is 1. The molecule has 1 aromatic carbocycles. The minimum Gasteiger partial charge on any atom is -0.461 e. The summed E-state index contributed by atoms with van der Waals surface area (Å²) in [4.78, 5) is 11.4. The summed E-state index contributed by atoms with van der Waals surface area (Å²) in [6, 6.07) is 2.55. The van der Waals surface area contributed by atoms with Crippen LogP contribution in [0.25, 0.3) is 11.3 Å². The molecule has 1 N–H and O–H groups in total. The highest BCUT2D eigenvalue weighted by Crippen LogP contribution is 2.26. The number of carbonyl (C=O) groups is 1. The monoisotopic (exact) mass is 270 g/mol. The Morgan fingerprint density at radius 2 is 2.00 bits per heavy atom. The molecular formula is C12H9F3N2O2. The van der Waals surface area contributed by atoms with Crippen LogP contribution >= 0.6 is 0 Å². The Kier molecular flexibility index (Phi) is 3.55. The second-order valence-electron chi connectivity index (χ2n) is 3.61. The Bertz CT molecular complexity index is 625. The van der Waals surface area contributed by atoms with Crippen LogP contribution in [0, 0.1) is 17.5 Å². The minimum absolute atomic E-state index is 0.0695. The summed E-state index contributed by atoms with van der Waals surface area (Å²) in [6.07, 6.45) is 0. The summed E-state index contributed by atoms with van der Waals surface area (Å²) in [6.45, 7) is 1.76. The molecule has 0 saturated carbocycles. The number of hydrogen-bond acceptors (Lipinski definition) is 3. The number of ether oxygens (including phenoxy) is 1. The van der Waals surface area contributed by atoms with E-state index < -0.39 is 29.0 Å². The van der Waals surface area contributed by atoms with Crippen molar-refractivity contribution in [1.82, 2.24) is 10.2 Å². The predicted octanol–water partition coefficient (Wildman–Crippen LogP) is 2.67. The Morgan fingerprint density at radius 1 is 1.32 bits per heavy atom. The zero-order valence-electron chi connectivity index (χ0n) is 9.84. The van der Waals surface area contributed by atoms with Gasteiger partial charge in [0.1, 0.15) is 11.5 Å². The van der Waals surface area contributed by atoms with Crippen molar-refractivity contribution in [2.24, 2.45) is 0 Å². The highest BCUT2D eigenvalue weighted by atomic mass is 19.2. The van der Waals surface area contributed by atoms with Crippen LogP contribution in [0.5, 0.6) is 0 Å². The molecule has 0 aliphatic heterocycles. The molecule has 0 aliphatic carbocycles. The van der Waals surface area contributed by atoms with Crippen LogP contribution in [0.1, 0.15) is 17.4 Å². The fourth-order valence-corrected chi connectivity index (χ4v) is 1.53. The molecule has 0 unspecified atom stereocenters. The smallest absolute Gasteiger partial charge is 0.356 e. The van der Waals surface area contributed by atoms with Crippen molar-refractivity contribution in [3.8, 4) is 11.3 Å². The highest BCUT2D eigenvalue weighted by Gasteiger charge is 2.20. The van der Waals surface area contributed by atoms with Crippen LogP contribution in [0.15, 0.2) is 18.2 Å². The maximum atomic E-state index is 13.5.